The first-order chi connectivity index (χ1) is 14.0. The Morgan fingerprint density at radius 3 is 2.07 bits per heavy atom. The number of rotatable bonds is 5. The van der Waals surface area contributed by atoms with Gasteiger partial charge in [-0.05, 0) is 39.3 Å². The molecule has 1 heterocycles. The second-order valence-corrected chi connectivity index (χ2v) is 6.74. The number of carbonyl (C=O) groups excluding carboxylic acids is 3. The van der Waals surface area contributed by atoms with Crippen molar-refractivity contribution < 1.29 is 28.9 Å². The number of aromatic nitrogens is 2. The average Bonchev–Trinajstić information content (AvgIpc) is 3.08. The number of aryl methyl sites for hydroxylation is 1. The van der Waals surface area contributed by atoms with Crippen LogP contribution in [0, 0.1) is 6.92 Å². The number of hydrogen-bond acceptors (Lipinski definition) is 6. The standard InChI is InChI=1S/C21H23N3O6/c1-7-24(29-20(27)13(2)3,30-21(28)14(4)5)19(26)16-12-18(25)23(22-16)17-11-9-8-10-15(17)6/h8-12H,2,4,7H2,1,3,5-6H3/p+1. The molecule has 30 heavy (non-hydrogen) atoms. The van der Waals surface area contributed by atoms with Crippen molar-refractivity contribution in [1.82, 2.24) is 9.78 Å². The second-order valence-electron chi connectivity index (χ2n) is 6.74. The normalized spacial score (nSPS) is 10.9. The molecule has 0 radical (unpaired) electrons. The quantitative estimate of drug-likeness (QED) is 0.458. The smallest absolute Gasteiger partial charge is 0.282 e. The van der Waals surface area contributed by atoms with Gasteiger partial charge in [-0.2, -0.15) is 0 Å². The van der Waals surface area contributed by atoms with Gasteiger partial charge in [0.15, 0.2) is 12.2 Å². The van der Waals surface area contributed by atoms with Gasteiger partial charge in [0.05, 0.1) is 5.69 Å². The fourth-order valence-corrected chi connectivity index (χ4v) is 2.48. The predicted molar refractivity (Wildman–Crippen MR) is 108 cm³/mol. The van der Waals surface area contributed by atoms with Gasteiger partial charge in [0, 0.05) is 17.2 Å². The van der Waals surface area contributed by atoms with Crippen molar-refractivity contribution in [2.24, 2.45) is 0 Å². The molecule has 0 aliphatic heterocycles. The van der Waals surface area contributed by atoms with Crippen LogP contribution in [0.1, 0.15) is 36.8 Å². The molecule has 0 unspecified atom stereocenters. The van der Waals surface area contributed by atoms with Crippen LogP contribution in [0.3, 0.4) is 0 Å². The first-order valence-electron chi connectivity index (χ1n) is 9.12. The van der Waals surface area contributed by atoms with E-state index in [1.54, 1.807) is 25.1 Å². The van der Waals surface area contributed by atoms with Gasteiger partial charge in [-0.1, -0.05) is 31.4 Å². The maximum absolute atomic E-state index is 13.3. The summed E-state index contributed by atoms with van der Waals surface area (Å²) in [6.45, 7) is 12.7. The highest BCUT2D eigenvalue weighted by atomic mass is 17.0. The molecule has 0 aliphatic carbocycles. The lowest BCUT2D eigenvalue weighted by molar-refractivity contribution is -1.16. The molecule has 1 aromatic heterocycles. The van der Waals surface area contributed by atoms with Gasteiger partial charge in [-0.25, -0.2) is 28.7 Å². The van der Waals surface area contributed by atoms with Crippen molar-refractivity contribution in [3.63, 3.8) is 0 Å². The third-order valence-electron chi connectivity index (χ3n) is 4.19. The highest BCUT2D eigenvalue weighted by Crippen LogP contribution is 2.20. The van der Waals surface area contributed by atoms with Crippen LogP contribution in [-0.4, -0.2) is 39.0 Å². The molecule has 9 heteroatoms. The number of nitrogens with one attached hydrogen (secondary N) is 1. The Hall–Kier alpha value is -3.72. The summed E-state index contributed by atoms with van der Waals surface area (Å²) in [6, 6.07) is 8.10. The molecule has 0 saturated carbocycles. The van der Waals surface area contributed by atoms with Crippen molar-refractivity contribution in [2.45, 2.75) is 27.7 Å². The van der Waals surface area contributed by atoms with Crippen LogP contribution in [0.2, 0.25) is 0 Å². The Kier molecular flexibility index (Phi) is 6.58. The van der Waals surface area contributed by atoms with E-state index in [9.17, 15) is 19.2 Å². The highest BCUT2D eigenvalue weighted by Gasteiger charge is 2.49. The highest BCUT2D eigenvalue weighted by molar-refractivity contribution is 5.91. The molecular weight excluding hydrogens is 390 g/mol. The molecule has 0 aliphatic rings. The van der Waals surface area contributed by atoms with E-state index in [2.05, 4.69) is 18.3 Å². The number of hydrogen-bond donors (Lipinski definition) is 1. The lowest BCUT2D eigenvalue weighted by Gasteiger charge is -2.26. The van der Waals surface area contributed by atoms with Crippen LogP contribution in [0.15, 0.2) is 59.4 Å². The van der Waals surface area contributed by atoms with Crippen LogP contribution >= 0.6 is 0 Å². The molecule has 158 valence electrons. The van der Waals surface area contributed by atoms with Crippen molar-refractivity contribution in [3.05, 3.63) is 76.2 Å². The van der Waals surface area contributed by atoms with E-state index in [4.69, 9.17) is 9.68 Å². The minimum atomic E-state index is -1.45. The van der Waals surface area contributed by atoms with E-state index >= 15 is 0 Å². The van der Waals surface area contributed by atoms with Crippen LogP contribution in [0.4, 0.5) is 0 Å². The molecule has 1 amide bonds. The SMILES string of the molecule is C=C(C)C(=O)O[N+](CC)(OC(=O)C(=C)C)C(=O)c1cc(=O)n(-c2ccccc2C)[nH]1. The van der Waals surface area contributed by atoms with Crippen LogP contribution in [0.25, 0.3) is 5.69 Å². The van der Waals surface area contributed by atoms with Gasteiger partial charge in [-0.3, -0.25) is 9.89 Å². The minimum absolute atomic E-state index is 0.00361. The molecule has 2 rings (SSSR count). The Bertz CT molecular complexity index is 1060. The van der Waals surface area contributed by atoms with E-state index in [-0.39, 0.29) is 23.4 Å². The topological polar surface area (TPSA) is 107 Å². The summed E-state index contributed by atoms with van der Waals surface area (Å²) in [7, 11) is 0. The van der Waals surface area contributed by atoms with Gasteiger partial charge < -0.3 is 0 Å². The summed E-state index contributed by atoms with van der Waals surface area (Å²) in [5.41, 5.74) is 0.591. The van der Waals surface area contributed by atoms with E-state index in [0.29, 0.717) is 5.69 Å². The van der Waals surface area contributed by atoms with Gasteiger partial charge >= 0.3 is 17.8 Å². The molecule has 1 N–H and O–H groups in total. The van der Waals surface area contributed by atoms with Crippen LogP contribution in [-0.2, 0) is 19.3 Å². The maximum Gasteiger partial charge on any atom is 0.448 e. The Labute approximate surface area is 173 Å². The monoisotopic (exact) mass is 414 g/mol. The lowest BCUT2D eigenvalue weighted by Crippen LogP contribution is -2.55. The van der Waals surface area contributed by atoms with Crippen molar-refractivity contribution in [1.29, 1.82) is 0 Å². The number of nitrogens with zero attached hydrogens (tertiary/aromatic N) is 2. The van der Waals surface area contributed by atoms with Gasteiger partial charge in [0.1, 0.15) is 4.81 Å². The fourth-order valence-electron chi connectivity index (χ4n) is 2.48. The Balaban J connectivity index is 2.56. The summed E-state index contributed by atoms with van der Waals surface area (Å²) in [5.74, 6) is -2.84. The van der Waals surface area contributed by atoms with Crippen molar-refractivity contribution in [2.75, 3.05) is 6.54 Å². The van der Waals surface area contributed by atoms with Gasteiger partial charge in [-0.15, -0.1) is 0 Å². The molecule has 0 atom stereocenters. The number of quaternary nitrogens is 1. The second kappa shape index (κ2) is 8.75. The third-order valence-corrected chi connectivity index (χ3v) is 4.19. The lowest BCUT2D eigenvalue weighted by atomic mass is 10.2. The van der Waals surface area contributed by atoms with E-state index < -0.39 is 28.2 Å². The van der Waals surface area contributed by atoms with Crippen molar-refractivity contribution in [3.8, 4) is 5.69 Å². The van der Waals surface area contributed by atoms with Gasteiger partial charge in [0.25, 0.3) is 5.56 Å². The summed E-state index contributed by atoms with van der Waals surface area (Å²) in [6.07, 6.45) is 0. The molecule has 9 nitrogen and oxygen atoms in total. The number of para-hydroxylation sites is 1. The Morgan fingerprint density at radius 2 is 1.60 bits per heavy atom. The average molecular weight is 414 g/mol. The van der Waals surface area contributed by atoms with Crippen LogP contribution < -0.4 is 5.56 Å². The van der Waals surface area contributed by atoms with E-state index in [0.717, 1.165) is 11.6 Å². The minimum Gasteiger partial charge on any atom is -0.282 e. The van der Waals surface area contributed by atoms with Crippen molar-refractivity contribution >= 4 is 17.8 Å². The zero-order valence-electron chi connectivity index (χ0n) is 17.4. The number of carbonyl (C=O) groups is 3. The van der Waals surface area contributed by atoms with E-state index in [1.165, 1.54) is 25.5 Å². The summed E-state index contributed by atoms with van der Waals surface area (Å²) < 4.78 is 1.17. The number of hydroxylamine groups is 4. The first kappa shape index (κ1) is 22.6. The fraction of sp³-hybridized carbons (Fsp3) is 0.238. The predicted octanol–water partition coefficient (Wildman–Crippen LogP) is 2.52. The first-order valence-corrected chi connectivity index (χ1v) is 9.12. The maximum atomic E-state index is 13.3. The molecule has 0 saturated heterocycles. The number of benzene rings is 1. The molecule has 1 aromatic carbocycles. The van der Waals surface area contributed by atoms with Gasteiger partial charge in [0.2, 0.25) is 0 Å². The molecule has 2 aromatic rings. The van der Waals surface area contributed by atoms with E-state index in [1.807, 2.05) is 6.07 Å². The zero-order chi connectivity index (χ0) is 22.6. The number of amides is 1. The molecule has 0 spiro atoms. The third kappa shape index (κ3) is 4.47. The molecular formula is C21H24N3O6+. The molecule has 0 bridgehead atoms. The summed E-state index contributed by atoms with van der Waals surface area (Å²) in [5, 5.41) is 2.69. The number of aromatic amines is 1. The van der Waals surface area contributed by atoms with Crippen LogP contribution in [0.5, 0.6) is 0 Å². The summed E-state index contributed by atoms with van der Waals surface area (Å²) in [4.78, 5) is 59.0. The summed E-state index contributed by atoms with van der Waals surface area (Å²) >= 11 is 0. The largest absolute Gasteiger partial charge is 0.448 e. The zero-order valence-corrected chi connectivity index (χ0v) is 17.4. The molecule has 0 fully saturated rings. The Morgan fingerprint density at radius 1 is 1.07 bits per heavy atom. The number of H-pyrrole nitrogens is 1.